The molecule has 0 spiro atoms. The van der Waals surface area contributed by atoms with Crippen molar-refractivity contribution in [3.05, 3.63) is 47.5 Å². The Bertz CT molecular complexity index is 818. The molecule has 0 aliphatic carbocycles. The Morgan fingerprint density at radius 3 is 2.00 bits per heavy atom. The summed E-state index contributed by atoms with van der Waals surface area (Å²) in [6, 6.07) is 9.70. The summed E-state index contributed by atoms with van der Waals surface area (Å²) in [5.74, 6) is 0.749. The van der Waals surface area contributed by atoms with Gasteiger partial charge in [-0.05, 0) is 45.0 Å². The number of carbonyl (C=O) groups is 2. The number of methoxy groups -OCH3 is 1. The van der Waals surface area contributed by atoms with E-state index in [4.69, 9.17) is 23.7 Å². The molecule has 0 fully saturated rings. The maximum absolute atomic E-state index is 12.5. The first kappa shape index (κ1) is 22.1. The predicted molar refractivity (Wildman–Crippen MR) is 108 cm³/mol. The molecule has 2 rings (SSSR count). The van der Waals surface area contributed by atoms with E-state index in [0.29, 0.717) is 48.4 Å². The molecule has 0 unspecified atom stereocenters. The van der Waals surface area contributed by atoms with Gasteiger partial charge in [0, 0.05) is 5.56 Å². The number of hydrogen-bond donors (Lipinski definition) is 0. The van der Waals surface area contributed by atoms with Crippen LogP contribution in [-0.4, -0.2) is 45.3 Å². The molecular weight excluding hydrogens is 376 g/mol. The summed E-state index contributed by atoms with van der Waals surface area (Å²) < 4.78 is 27.1. The Morgan fingerprint density at radius 1 is 0.828 bits per heavy atom. The van der Waals surface area contributed by atoms with Crippen LogP contribution >= 0.6 is 0 Å². The zero-order chi connectivity index (χ0) is 21.2. The third-order valence-electron chi connectivity index (χ3n) is 3.87. The number of hydrogen-bond acceptors (Lipinski definition) is 7. The average Bonchev–Trinajstić information content (AvgIpc) is 2.74. The number of rotatable bonds is 11. The van der Waals surface area contributed by atoms with Crippen molar-refractivity contribution >= 4 is 11.8 Å². The van der Waals surface area contributed by atoms with Gasteiger partial charge in [0.05, 0.1) is 32.5 Å². The van der Waals surface area contributed by atoms with Crippen molar-refractivity contribution in [1.29, 1.82) is 0 Å². The second-order valence-corrected chi connectivity index (χ2v) is 5.83. The van der Waals surface area contributed by atoms with Crippen molar-refractivity contribution in [2.24, 2.45) is 0 Å². The molecule has 0 aliphatic rings. The fraction of sp³-hybridized carbons (Fsp3) is 0.364. The van der Waals surface area contributed by atoms with Crippen molar-refractivity contribution in [2.45, 2.75) is 20.8 Å². The minimum absolute atomic E-state index is 0.207. The number of ketones is 1. The Kier molecular flexibility index (Phi) is 8.33. The maximum Gasteiger partial charge on any atom is 0.338 e. The molecule has 0 aromatic heterocycles. The Labute approximate surface area is 170 Å². The summed E-state index contributed by atoms with van der Waals surface area (Å²) >= 11 is 0. The van der Waals surface area contributed by atoms with Gasteiger partial charge in [0.2, 0.25) is 5.75 Å². The smallest absolute Gasteiger partial charge is 0.338 e. The highest BCUT2D eigenvalue weighted by Crippen LogP contribution is 2.39. The van der Waals surface area contributed by atoms with Crippen LogP contribution < -0.4 is 18.9 Å². The molecule has 2 aromatic carbocycles. The molecule has 29 heavy (non-hydrogen) atoms. The SMILES string of the molecule is CCOc1cc(C(=O)OCC(=O)c2cccc(OC)c2)cc(OCC)c1OCC. The lowest BCUT2D eigenvalue weighted by atomic mass is 10.1. The van der Waals surface area contributed by atoms with E-state index in [2.05, 4.69) is 0 Å². The van der Waals surface area contributed by atoms with Crippen LogP contribution in [0.1, 0.15) is 41.5 Å². The first-order chi connectivity index (χ1) is 14.0. The lowest BCUT2D eigenvalue weighted by Crippen LogP contribution is -2.15. The molecule has 0 saturated carbocycles. The van der Waals surface area contributed by atoms with Gasteiger partial charge in [0.25, 0.3) is 0 Å². The highest BCUT2D eigenvalue weighted by atomic mass is 16.5. The van der Waals surface area contributed by atoms with Crippen LogP contribution in [0, 0.1) is 0 Å². The maximum atomic E-state index is 12.5. The van der Waals surface area contributed by atoms with Gasteiger partial charge >= 0.3 is 5.97 Å². The Balaban J connectivity index is 2.19. The molecule has 0 aliphatic heterocycles. The second kappa shape index (κ2) is 10.9. The fourth-order valence-corrected chi connectivity index (χ4v) is 2.60. The standard InChI is InChI=1S/C22H26O7/c1-5-26-19-12-16(13-20(27-6-2)21(19)28-7-3)22(24)29-14-18(23)15-9-8-10-17(11-15)25-4/h8-13H,5-7,14H2,1-4H3. The quantitative estimate of drug-likeness (QED) is 0.416. The van der Waals surface area contributed by atoms with E-state index in [9.17, 15) is 9.59 Å². The van der Waals surface area contributed by atoms with E-state index in [1.165, 1.54) is 19.2 Å². The monoisotopic (exact) mass is 402 g/mol. The molecule has 0 saturated heterocycles. The molecule has 0 atom stereocenters. The third-order valence-corrected chi connectivity index (χ3v) is 3.87. The van der Waals surface area contributed by atoms with Crippen molar-refractivity contribution in [1.82, 2.24) is 0 Å². The van der Waals surface area contributed by atoms with Crippen LogP contribution in [0.3, 0.4) is 0 Å². The molecule has 0 bridgehead atoms. The molecule has 156 valence electrons. The minimum Gasteiger partial charge on any atom is -0.497 e. The van der Waals surface area contributed by atoms with Crippen LogP contribution in [0.15, 0.2) is 36.4 Å². The molecule has 0 N–H and O–H groups in total. The number of Topliss-reactive ketones (excluding diaryl/α,β-unsaturated/α-hetero) is 1. The van der Waals surface area contributed by atoms with E-state index < -0.39 is 12.6 Å². The largest absolute Gasteiger partial charge is 0.497 e. The molecule has 0 amide bonds. The van der Waals surface area contributed by atoms with Gasteiger partial charge in [-0.25, -0.2) is 4.79 Å². The summed E-state index contributed by atoms with van der Waals surface area (Å²) in [5.41, 5.74) is 0.604. The van der Waals surface area contributed by atoms with E-state index in [1.807, 2.05) is 20.8 Å². The number of ether oxygens (including phenoxy) is 5. The summed E-state index contributed by atoms with van der Waals surface area (Å²) in [7, 11) is 1.52. The normalized spacial score (nSPS) is 10.2. The van der Waals surface area contributed by atoms with Crippen LogP contribution in [0.4, 0.5) is 0 Å². The molecular formula is C22H26O7. The van der Waals surface area contributed by atoms with E-state index in [1.54, 1.807) is 24.3 Å². The van der Waals surface area contributed by atoms with Gasteiger partial charge in [0.15, 0.2) is 23.9 Å². The Morgan fingerprint density at radius 2 is 1.45 bits per heavy atom. The van der Waals surface area contributed by atoms with Crippen molar-refractivity contribution < 1.29 is 33.3 Å². The first-order valence-electron chi connectivity index (χ1n) is 9.44. The highest BCUT2D eigenvalue weighted by Gasteiger charge is 2.20. The topological polar surface area (TPSA) is 80.3 Å². The van der Waals surface area contributed by atoms with Gasteiger partial charge in [-0.1, -0.05) is 12.1 Å². The van der Waals surface area contributed by atoms with Gasteiger partial charge in [-0.15, -0.1) is 0 Å². The molecule has 7 nitrogen and oxygen atoms in total. The Hall–Kier alpha value is -3.22. The second-order valence-electron chi connectivity index (χ2n) is 5.83. The van der Waals surface area contributed by atoms with Crippen molar-refractivity contribution in [3.63, 3.8) is 0 Å². The zero-order valence-corrected chi connectivity index (χ0v) is 17.2. The van der Waals surface area contributed by atoms with Gasteiger partial charge < -0.3 is 23.7 Å². The number of esters is 1. The summed E-state index contributed by atoms with van der Waals surface area (Å²) in [4.78, 5) is 24.9. The van der Waals surface area contributed by atoms with Gasteiger partial charge in [0.1, 0.15) is 5.75 Å². The first-order valence-corrected chi connectivity index (χ1v) is 9.44. The van der Waals surface area contributed by atoms with E-state index >= 15 is 0 Å². The molecule has 2 aromatic rings. The van der Waals surface area contributed by atoms with Crippen molar-refractivity contribution in [2.75, 3.05) is 33.5 Å². The predicted octanol–water partition coefficient (Wildman–Crippen LogP) is 3.93. The minimum atomic E-state index is -0.661. The molecule has 0 radical (unpaired) electrons. The molecule has 0 heterocycles. The lowest BCUT2D eigenvalue weighted by molar-refractivity contribution is 0.0474. The van der Waals surface area contributed by atoms with Crippen LogP contribution in [-0.2, 0) is 4.74 Å². The van der Waals surface area contributed by atoms with Gasteiger partial charge in [-0.3, -0.25) is 4.79 Å². The van der Waals surface area contributed by atoms with E-state index in [0.717, 1.165) is 0 Å². The van der Waals surface area contributed by atoms with Crippen LogP contribution in [0.2, 0.25) is 0 Å². The zero-order valence-electron chi connectivity index (χ0n) is 17.2. The van der Waals surface area contributed by atoms with E-state index in [-0.39, 0.29) is 11.3 Å². The third kappa shape index (κ3) is 5.88. The number of benzene rings is 2. The molecule has 7 heteroatoms. The average molecular weight is 402 g/mol. The van der Waals surface area contributed by atoms with Crippen LogP contribution in [0.25, 0.3) is 0 Å². The summed E-state index contributed by atoms with van der Waals surface area (Å²) in [6.07, 6.45) is 0. The summed E-state index contributed by atoms with van der Waals surface area (Å²) in [6.45, 7) is 6.29. The fourth-order valence-electron chi connectivity index (χ4n) is 2.60. The van der Waals surface area contributed by atoms with Crippen molar-refractivity contribution in [3.8, 4) is 23.0 Å². The van der Waals surface area contributed by atoms with Gasteiger partial charge in [-0.2, -0.15) is 0 Å². The lowest BCUT2D eigenvalue weighted by Gasteiger charge is -2.16. The highest BCUT2D eigenvalue weighted by molar-refractivity contribution is 5.99. The summed E-state index contributed by atoms with van der Waals surface area (Å²) in [5, 5.41) is 0. The van der Waals surface area contributed by atoms with Crippen LogP contribution in [0.5, 0.6) is 23.0 Å². The number of carbonyl (C=O) groups excluding carboxylic acids is 2.